The third kappa shape index (κ3) is 5.83. The molecule has 0 aliphatic rings. The summed E-state index contributed by atoms with van der Waals surface area (Å²) in [6.07, 6.45) is 0. The standard InChI is InChI=1S/C22H28ClN3O3S/c1-15-7-10-19(11-8-15)30(28,29)26(20-12-9-18(23)13-16(20)2)14-21(27)25-24-17(3)22(4,5)6/h7-13H,14H2,1-6H3,(H,25,27)/b24-17-. The Morgan fingerprint density at radius 2 is 1.70 bits per heavy atom. The third-order valence-corrected chi connectivity index (χ3v) is 6.77. The highest BCUT2D eigenvalue weighted by molar-refractivity contribution is 7.92. The molecule has 0 unspecified atom stereocenters. The monoisotopic (exact) mass is 449 g/mol. The Morgan fingerprint density at radius 3 is 2.23 bits per heavy atom. The van der Waals surface area contributed by atoms with Crippen molar-refractivity contribution in [1.29, 1.82) is 0 Å². The summed E-state index contributed by atoms with van der Waals surface area (Å²) in [5.41, 5.74) is 4.94. The second kappa shape index (κ2) is 9.18. The summed E-state index contributed by atoms with van der Waals surface area (Å²) in [7, 11) is -3.99. The molecule has 0 aliphatic heterocycles. The van der Waals surface area contributed by atoms with E-state index in [0.29, 0.717) is 16.3 Å². The molecule has 0 bridgehead atoms. The molecule has 0 fully saturated rings. The predicted octanol–water partition coefficient (Wildman–Crippen LogP) is 4.69. The van der Waals surface area contributed by atoms with Crippen LogP contribution < -0.4 is 9.73 Å². The van der Waals surface area contributed by atoms with Gasteiger partial charge in [0, 0.05) is 16.1 Å². The Kier molecular flexibility index (Phi) is 7.31. The van der Waals surface area contributed by atoms with Gasteiger partial charge in [-0.1, -0.05) is 50.1 Å². The number of carbonyl (C=O) groups excluding carboxylic acids is 1. The highest BCUT2D eigenvalue weighted by atomic mass is 35.5. The number of nitrogens with zero attached hydrogens (tertiary/aromatic N) is 2. The average molecular weight is 450 g/mol. The van der Waals surface area contributed by atoms with Crippen LogP contribution in [0.4, 0.5) is 5.69 Å². The van der Waals surface area contributed by atoms with Crippen LogP contribution in [0.25, 0.3) is 0 Å². The van der Waals surface area contributed by atoms with Crippen molar-refractivity contribution in [2.45, 2.75) is 46.4 Å². The first kappa shape index (κ1) is 23.9. The van der Waals surface area contributed by atoms with Crippen LogP contribution in [0.5, 0.6) is 0 Å². The van der Waals surface area contributed by atoms with Crippen LogP contribution in [0, 0.1) is 19.3 Å². The number of hydrazone groups is 1. The Hall–Kier alpha value is -2.38. The summed E-state index contributed by atoms with van der Waals surface area (Å²) in [5.74, 6) is -0.538. The molecule has 2 aromatic carbocycles. The largest absolute Gasteiger partial charge is 0.271 e. The number of hydrogen-bond acceptors (Lipinski definition) is 4. The molecule has 2 aromatic rings. The Morgan fingerprint density at radius 1 is 1.10 bits per heavy atom. The van der Waals surface area contributed by atoms with Gasteiger partial charge in [-0.3, -0.25) is 9.10 Å². The van der Waals surface area contributed by atoms with Crippen molar-refractivity contribution < 1.29 is 13.2 Å². The molecule has 0 heterocycles. The molecular weight excluding hydrogens is 422 g/mol. The van der Waals surface area contributed by atoms with E-state index in [0.717, 1.165) is 15.6 Å². The highest BCUT2D eigenvalue weighted by Gasteiger charge is 2.28. The predicted molar refractivity (Wildman–Crippen MR) is 123 cm³/mol. The van der Waals surface area contributed by atoms with Gasteiger partial charge in [-0.15, -0.1) is 0 Å². The van der Waals surface area contributed by atoms with Crippen LogP contribution in [-0.2, 0) is 14.8 Å². The molecule has 0 spiro atoms. The minimum Gasteiger partial charge on any atom is -0.271 e. The highest BCUT2D eigenvalue weighted by Crippen LogP contribution is 2.29. The van der Waals surface area contributed by atoms with Crippen LogP contribution >= 0.6 is 11.6 Å². The van der Waals surface area contributed by atoms with Crippen LogP contribution in [0.3, 0.4) is 0 Å². The van der Waals surface area contributed by atoms with Crippen LogP contribution in [0.1, 0.15) is 38.8 Å². The van der Waals surface area contributed by atoms with Crippen molar-refractivity contribution >= 4 is 38.9 Å². The lowest BCUT2D eigenvalue weighted by molar-refractivity contribution is -0.119. The summed E-state index contributed by atoms with van der Waals surface area (Å²) in [6.45, 7) is 10.9. The summed E-state index contributed by atoms with van der Waals surface area (Å²) >= 11 is 6.04. The number of nitrogens with one attached hydrogen (secondary N) is 1. The zero-order valence-electron chi connectivity index (χ0n) is 18.2. The van der Waals surface area contributed by atoms with E-state index in [2.05, 4.69) is 10.5 Å². The molecule has 2 rings (SSSR count). The fourth-order valence-corrected chi connectivity index (χ4v) is 4.23. The molecule has 8 heteroatoms. The normalized spacial score (nSPS) is 12.6. The van der Waals surface area contributed by atoms with Gasteiger partial charge in [-0.05, 0) is 56.7 Å². The van der Waals surface area contributed by atoms with E-state index < -0.39 is 22.5 Å². The number of rotatable bonds is 6. The van der Waals surface area contributed by atoms with E-state index in [9.17, 15) is 13.2 Å². The van der Waals surface area contributed by atoms with Gasteiger partial charge in [0.15, 0.2) is 0 Å². The zero-order valence-corrected chi connectivity index (χ0v) is 19.7. The maximum Gasteiger partial charge on any atom is 0.264 e. The van der Waals surface area contributed by atoms with E-state index in [1.165, 1.54) is 12.1 Å². The van der Waals surface area contributed by atoms with Gasteiger partial charge in [0.2, 0.25) is 0 Å². The number of benzene rings is 2. The van der Waals surface area contributed by atoms with Gasteiger partial charge in [0.1, 0.15) is 6.54 Å². The summed E-state index contributed by atoms with van der Waals surface area (Å²) < 4.78 is 27.9. The van der Waals surface area contributed by atoms with E-state index in [1.54, 1.807) is 37.3 Å². The van der Waals surface area contributed by atoms with Crippen LogP contribution in [-0.4, -0.2) is 26.6 Å². The average Bonchev–Trinajstić information content (AvgIpc) is 2.64. The fraction of sp³-hybridized carbons (Fsp3) is 0.364. The van der Waals surface area contributed by atoms with Crippen molar-refractivity contribution in [1.82, 2.24) is 5.43 Å². The van der Waals surface area contributed by atoms with Crippen molar-refractivity contribution in [2.24, 2.45) is 10.5 Å². The number of carbonyl (C=O) groups is 1. The quantitative estimate of drug-likeness (QED) is 0.513. The molecule has 30 heavy (non-hydrogen) atoms. The van der Waals surface area contributed by atoms with Gasteiger partial charge >= 0.3 is 0 Å². The van der Waals surface area contributed by atoms with Crippen molar-refractivity contribution in [3.63, 3.8) is 0 Å². The minimum atomic E-state index is -3.99. The smallest absolute Gasteiger partial charge is 0.264 e. The third-order valence-electron chi connectivity index (χ3n) is 4.76. The Balaban J connectivity index is 2.44. The number of aryl methyl sites for hydroxylation is 2. The molecular formula is C22H28ClN3O3S. The minimum absolute atomic E-state index is 0.102. The lowest BCUT2D eigenvalue weighted by Crippen LogP contribution is -2.40. The molecule has 0 aliphatic carbocycles. The molecule has 162 valence electrons. The fourth-order valence-electron chi connectivity index (χ4n) is 2.52. The lowest BCUT2D eigenvalue weighted by Gasteiger charge is -2.25. The molecule has 0 aromatic heterocycles. The Labute approximate surface area is 184 Å². The molecule has 0 atom stereocenters. The summed E-state index contributed by atoms with van der Waals surface area (Å²) in [4.78, 5) is 12.7. The van der Waals surface area contributed by atoms with Crippen LogP contribution in [0.2, 0.25) is 5.02 Å². The number of sulfonamides is 1. The van der Waals surface area contributed by atoms with Crippen LogP contribution in [0.15, 0.2) is 52.5 Å². The number of anilines is 1. The summed E-state index contributed by atoms with van der Waals surface area (Å²) in [5, 5.41) is 4.60. The zero-order chi connectivity index (χ0) is 22.7. The van der Waals surface area contributed by atoms with E-state index in [4.69, 9.17) is 11.6 Å². The van der Waals surface area contributed by atoms with Gasteiger partial charge < -0.3 is 0 Å². The maximum absolute atomic E-state index is 13.4. The number of hydrogen-bond donors (Lipinski definition) is 1. The molecule has 0 radical (unpaired) electrons. The van der Waals surface area contributed by atoms with E-state index in [-0.39, 0.29) is 10.3 Å². The van der Waals surface area contributed by atoms with E-state index >= 15 is 0 Å². The Bertz CT molecular complexity index is 1060. The first-order chi connectivity index (χ1) is 13.8. The van der Waals surface area contributed by atoms with Crippen molar-refractivity contribution in [3.8, 4) is 0 Å². The van der Waals surface area contributed by atoms with E-state index in [1.807, 2.05) is 34.6 Å². The van der Waals surface area contributed by atoms with Gasteiger partial charge in [-0.25, -0.2) is 13.8 Å². The lowest BCUT2D eigenvalue weighted by atomic mass is 9.91. The van der Waals surface area contributed by atoms with Crippen molar-refractivity contribution in [2.75, 3.05) is 10.8 Å². The molecule has 0 saturated heterocycles. The van der Waals surface area contributed by atoms with Gasteiger partial charge in [-0.2, -0.15) is 5.10 Å². The van der Waals surface area contributed by atoms with Gasteiger partial charge in [0.05, 0.1) is 10.6 Å². The maximum atomic E-state index is 13.4. The molecule has 1 N–H and O–H groups in total. The summed E-state index contributed by atoms with van der Waals surface area (Å²) in [6, 6.07) is 11.4. The number of amides is 1. The van der Waals surface area contributed by atoms with Crippen molar-refractivity contribution in [3.05, 3.63) is 58.6 Å². The SMILES string of the molecule is C/C(=N/NC(=O)CN(c1ccc(Cl)cc1C)S(=O)(=O)c1ccc(C)cc1)C(C)(C)C. The topological polar surface area (TPSA) is 78.8 Å². The van der Waals surface area contributed by atoms with Gasteiger partial charge in [0.25, 0.3) is 15.9 Å². The first-order valence-corrected chi connectivity index (χ1v) is 11.3. The first-order valence-electron chi connectivity index (χ1n) is 9.51. The molecule has 0 saturated carbocycles. The molecule has 1 amide bonds. The number of halogens is 1. The molecule has 6 nitrogen and oxygen atoms in total. The second-order valence-electron chi connectivity index (χ2n) is 8.24. The second-order valence-corrected chi connectivity index (χ2v) is 10.5.